The van der Waals surface area contributed by atoms with E-state index in [9.17, 15) is 4.79 Å². The van der Waals surface area contributed by atoms with Gasteiger partial charge in [0.1, 0.15) is 0 Å². The molecule has 1 aliphatic rings. The Balaban J connectivity index is 1.46. The number of carbonyl (C=O) groups excluding carboxylic acids is 1. The van der Waals surface area contributed by atoms with Crippen LogP contribution in [0.25, 0.3) is 11.3 Å². The predicted molar refractivity (Wildman–Crippen MR) is 128 cm³/mol. The van der Waals surface area contributed by atoms with Crippen molar-refractivity contribution in [2.24, 2.45) is 0 Å². The lowest BCUT2D eigenvalue weighted by molar-refractivity contribution is 0.262. The molecule has 1 fully saturated rings. The van der Waals surface area contributed by atoms with Crippen LogP contribution in [0.3, 0.4) is 0 Å². The molecule has 0 atom stereocenters. The molecule has 2 amide bonds. The summed E-state index contributed by atoms with van der Waals surface area (Å²) < 4.78 is 16.0. The predicted octanol–water partition coefficient (Wildman–Crippen LogP) is 4.41. The molecule has 2 N–H and O–H groups in total. The standard InChI is InChI=1S/C24H27N5O4/c1-31-20-14-18(15-21(32-2)23(20)33-3)26-24(30)25-17-8-6-7-16(13-17)19-9-10-22(28-27-19)29-11-4-5-12-29/h6-10,13-15H,4-5,11-12H2,1-3H3,(H2,25,26,30). The van der Waals surface area contributed by atoms with Crippen LogP contribution in [0.4, 0.5) is 22.0 Å². The molecule has 3 aromatic rings. The highest BCUT2D eigenvalue weighted by molar-refractivity contribution is 6.00. The van der Waals surface area contributed by atoms with E-state index in [1.54, 1.807) is 12.1 Å². The molecule has 33 heavy (non-hydrogen) atoms. The number of rotatable bonds is 7. The maximum atomic E-state index is 12.6. The molecule has 9 nitrogen and oxygen atoms in total. The van der Waals surface area contributed by atoms with E-state index in [1.165, 1.54) is 34.2 Å². The van der Waals surface area contributed by atoms with Gasteiger partial charge in [0.15, 0.2) is 17.3 Å². The van der Waals surface area contributed by atoms with Crippen molar-refractivity contribution in [2.75, 3.05) is 50.0 Å². The Morgan fingerprint density at radius 1 is 0.848 bits per heavy atom. The minimum Gasteiger partial charge on any atom is -0.493 e. The Morgan fingerprint density at radius 3 is 2.15 bits per heavy atom. The van der Waals surface area contributed by atoms with Crippen LogP contribution in [-0.2, 0) is 0 Å². The summed E-state index contributed by atoms with van der Waals surface area (Å²) in [7, 11) is 4.57. The molecule has 9 heteroatoms. The third-order valence-electron chi connectivity index (χ3n) is 5.42. The van der Waals surface area contributed by atoms with E-state index in [0.29, 0.717) is 28.6 Å². The first kappa shape index (κ1) is 22.2. The highest BCUT2D eigenvalue weighted by Crippen LogP contribution is 2.40. The van der Waals surface area contributed by atoms with Gasteiger partial charge < -0.3 is 29.7 Å². The van der Waals surface area contributed by atoms with E-state index < -0.39 is 6.03 Å². The molecular formula is C24H27N5O4. The zero-order chi connectivity index (χ0) is 23.2. The van der Waals surface area contributed by atoms with Gasteiger partial charge in [-0.05, 0) is 37.1 Å². The van der Waals surface area contributed by atoms with Crippen molar-refractivity contribution in [3.8, 4) is 28.5 Å². The van der Waals surface area contributed by atoms with E-state index in [2.05, 4.69) is 25.7 Å². The first-order valence-corrected chi connectivity index (χ1v) is 10.7. The maximum Gasteiger partial charge on any atom is 0.323 e. The molecule has 1 aromatic heterocycles. The van der Waals surface area contributed by atoms with E-state index in [4.69, 9.17) is 14.2 Å². The number of urea groups is 1. The molecule has 1 aliphatic heterocycles. The Hall–Kier alpha value is -4.01. The lowest BCUT2D eigenvalue weighted by Crippen LogP contribution is -2.19. The third-order valence-corrected chi connectivity index (χ3v) is 5.42. The number of anilines is 3. The fourth-order valence-electron chi connectivity index (χ4n) is 3.80. The van der Waals surface area contributed by atoms with Gasteiger partial charge in [-0.2, -0.15) is 0 Å². The first-order valence-electron chi connectivity index (χ1n) is 10.7. The number of hydrogen-bond donors (Lipinski definition) is 2. The fourth-order valence-corrected chi connectivity index (χ4v) is 3.80. The lowest BCUT2D eigenvalue weighted by atomic mass is 10.1. The second kappa shape index (κ2) is 10.1. The number of nitrogens with one attached hydrogen (secondary N) is 2. The molecule has 0 radical (unpaired) electrons. The summed E-state index contributed by atoms with van der Waals surface area (Å²) in [6, 6.07) is 14.3. The number of ether oxygens (including phenoxy) is 3. The zero-order valence-corrected chi connectivity index (χ0v) is 18.9. The largest absolute Gasteiger partial charge is 0.493 e. The lowest BCUT2D eigenvalue weighted by Gasteiger charge is -2.15. The normalized spacial score (nSPS) is 12.9. The van der Waals surface area contributed by atoms with Crippen LogP contribution in [0, 0.1) is 0 Å². The summed E-state index contributed by atoms with van der Waals surface area (Å²) in [5.74, 6) is 2.25. The minimum absolute atomic E-state index is 0.406. The van der Waals surface area contributed by atoms with E-state index in [1.807, 2.05) is 36.4 Å². The summed E-state index contributed by atoms with van der Waals surface area (Å²) in [6.45, 7) is 2.04. The smallest absolute Gasteiger partial charge is 0.323 e. The second-order valence-corrected chi connectivity index (χ2v) is 7.54. The van der Waals surface area contributed by atoms with Gasteiger partial charge in [-0.1, -0.05) is 12.1 Å². The molecule has 0 aliphatic carbocycles. The van der Waals surface area contributed by atoms with Gasteiger partial charge in [0.25, 0.3) is 0 Å². The molecule has 0 unspecified atom stereocenters. The molecule has 0 saturated carbocycles. The van der Waals surface area contributed by atoms with Crippen molar-refractivity contribution in [1.29, 1.82) is 0 Å². The van der Waals surface area contributed by atoms with Crippen LogP contribution < -0.4 is 29.7 Å². The van der Waals surface area contributed by atoms with Crippen molar-refractivity contribution in [2.45, 2.75) is 12.8 Å². The summed E-state index contributed by atoms with van der Waals surface area (Å²) in [6.07, 6.45) is 2.38. The van der Waals surface area contributed by atoms with Crippen molar-refractivity contribution >= 4 is 23.2 Å². The molecule has 1 saturated heterocycles. The summed E-state index contributed by atoms with van der Waals surface area (Å²) >= 11 is 0. The van der Waals surface area contributed by atoms with Crippen molar-refractivity contribution in [3.63, 3.8) is 0 Å². The topological polar surface area (TPSA) is 97.8 Å². The SMILES string of the molecule is COc1cc(NC(=O)Nc2cccc(-c3ccc(N4CCCC4)nn3)c2)cc(OC)c1OC. The third kappa shape index (κ3) is 5.08. The summed E-state index contributed by atoms with van der Waals surface area (Å²) in [4.78, 5) is 14.8. The Bertz CT molecular complexity index is 1090. The fraction of sp³-hybridized carbons (Fsp3) is 0.292. The molecule has 2 heterocycles. The molecule has 4 rings (SSSR count). The van der Waals surface area contributed by atoms with Crippen molar-refractivity contribution < 1.29 is 19.0 Å². The van der Waals surface area contributed by atoms with Crippen LogP contribution >= 0.6 is 0 Å². The van der Waals surface area contributed by atoms with Gasteiger partial charge in [0.05, 0.1) is 32.7 Å². The second-order valence-electron chi connectivity index (χ2n) is 7.54. The van der Waals surface area contributed by atoms with Gasteiger partial charge in [-0.15, -0.1) is 10.2 Å². The molecule has 2 aromatic carbocycles. The molecule has 172 valence electrons. The average molecular weight is 450 g/mol. The number of hydrogen-bond acceptors (Lipinski definition) is 7. The van der Waals surface area contributed by atoms with E-state index in [0.717, 1.165) is 30.2 Å². The van der Waals surface area contributed by atoms with Gasteiger partial charge in [-0.25, -0.2) is 4.79 Å². The van der Waals surface area contributed by atoms with Gasteiger partial charge in [0, 0.05) is 36.5 Å². The highest BCUT2D eigenvalue weighted by atomic mass is 16.5. The van der Waals surface area contributed by atoms with Crippen LogP contribution in [-0.4, -0.2) is 50.6 Å². The Kier molecular flexibility index (Phi) is 6.77. The van der Waals surface area contributed by atoms with Gasteiger partial charge >= 0.3 is 6.03 Å². The van der Waals surface area contributed by atoms with Crippen LogP contribution in [0.5, 0.6) is 17.2 Å². The van der Waals surface area contributed by atoms with Crippen molar-refractivity contribution in [3.05, 3.63) is 48.5 Å². The molecule has 0 bridgehead atoms. The van der Waals surface area contributed by atoms with Gasteiger partial charge in [0.2, 0.25) is 5.75 Å². The minimum atomic E-state index is -0.406. The van der Waals surface area contributed by atoms with Gasteiger partial charge in [-0.3, -0.25) is 0 Å². The number of amides is 2. The summed E-state index contributed by atoms with van der Waals surface area (Å²) in [5.41, 5.74) is 2.73. The number of methoxy groups -OCH3 is 3. The average Bonchev–Trinajstić information content (AvgIpc) is 3.38. The quantitative estimate of drug-likeness (QED) is 0.551. The number of nitrogens with zero attached hydrogens (tertiary/aromatic N) is 3. The summed E-state index contributed by atoms with van der Waals surface area (Å²) in [5, 5.41) is 14.4. The van der Waals surface area contributed by atoms with E-state index in [-0.39, 0.29) is 0 Å². The van der Waals surface area contributed by atoms with E-state index >= 15 is 0 Å². The van der Waals surface area contributed by atoms with Crippen molar-refractivity contribution in [1.82, 2.24) is 10.2 Å². The van der Waals surface area contributed by atoms with Crippen LogP contribution in [0.2, 0.25) is 0 Å². The Morgan fingerprint density at radius 2 is 1.55 bits per heavy atom. The molecular weight excluding hydrogens is 422 g/mol. The number of carbonyl (C=O) groups is 1. The zero-order valence-electron chi connectivity index (χ0n) is 18.9. The highest BCUT2D eigenvalue weighted by Gasteiger charge is 2.16. The number of benzene rings is 2. The maximum absolute atomic E-state index is 12.6. The first-order chi connectivity index (χ1) is 16.1. The van der Waals surface area contributed by atoms with Crippen LogP contribution in [0.15, 0.2) is 48.5 Å². The Labute approximate surface area is 192 Å². The molecule has 0 spiro atoms. The monoisotopic (exact) mass is 449 g/mol. The van der Waals surface area contributed by atoms with Crippen LogP contribution in [0.1, 0.15) is 12.8 Å². The number of aromatic nitrogens is 2.